The Morgan fingerprint density at radius 2 is 2.27 bits per heavy atom. The molecule has 22 heavy (non-hydrogen) atoms. The largest absolute Gasteiger partial charge is 0.401 e. The summed E-state index contributed by atoms with van der Waals surface area (Å²) in [6, 6.07) is 0.249. The minimum absolute atomic E-state index is 0.0641. The maximum atomic E-state index is 6.77. The second kappa shape index (κ2) is 7.49. The summed E-state index contributed by atoms with van der Waals surface area (Å²) in [6.45, 7) is 10.3. The van der Waals surface area contributed by atoms with Crippen LogP contribution < -0.4 is 5.73 Å². The van der Waals surface area contributed by atoms with E-state index in [1.54, 1.807) is 0 Å². The van der Waals surface area contributed by atoms with E-state index in [1.807, 2.05) is 19.5 Å². The van der Waals surface area contributed by atoms with Crippen molar-refractivity contribution in [2.75, 3.05) is 0 Å². The number of rotatable bonds is 6. The van der Waals surface area contributed by atoms with Gasteiger partial charge in [0.1, 0.15) is 12.2 Å². The second-order valence-electron chi connectivity index (χ2n) is 6.42. The van der Waals surface area contributed by atoms with Crippen LogP contribution in [0.5, 0.6) is 0 Å². The van der Waals surface area contributed by atoms with E-state index in [1.165, 1.54) is 12.8 Å². The standard InChI is InChI=1S/C17H29ClN4/c1-5-8-12-9-14(13(6-2)15(12)18)22-10-21-16(11(4)19)17(22)20-7-3/h7,10,12-17H,4-6,8-9,19H2,1-3H3/b20-7-. The minimum atomic E-state index is -0.146. The van der Waals surface area contributed by atoms with Crippen LogP contribution in [0.1, 0.15) is 46.5 Å². The van der Waals surface area contributed by atoms with Crippen LogP contribution >= 0.6 is 11.6 Å². The van der Waals surface area contributed by atoms with Crippen molar-refractivity contribution in [3.63, 3.8) is 0 Å². The molecule has 1 aliphatic heterocycles. The fourth-order valence-corrected chi connectivity index (χ4v) is 4.58. The molecule has 1 saturated carbocycles. The van der Waals surface area contributed by atoms with Crippen molar-refractivity contribution >= 4 is 24.2 Å². The average Bonchev–Trinajstić information content (AvgIpc) is 3.02. The predicted molar refractivity (Wildman–Crippen MR) is 95.6 cm³/mol. The van der Waals surface area contributed by atoms with Crippen molar-refractivity contribution in [2.24, 2.45) is 27.6 Å². The quantitative estimate of drug-likeness (QED) is 0.601. The van der Waals surface area contributed by atoms with Crippen LogP contribution in [0.2, 0.25) is 0 Å². The molecular formula is C17H29ClN4. The minimum Gasteiger partial charge on any atom is -0.401 e. The highest BCUT2D eigenvalue weighted by atomic mass is 35.5. The van der Waals surface area contributed by atoms with Crippen LogP contribution in [0.4, 0.5) is 0 Å². The SMILES string of the molecule is C=C(N)C1N=CN(C2CC(CCC)C(Cl)C2CC)C1/N=C\C. The zero-order chi connectivity index (χ0) is 16.3. The van der Waals surface area contributed by atoms with E-state index in [-0.39, 0.29) is 17.6 Å². The van der Waals surface area contributed by atoms with Gasteiger partial charge in [0.25, 0.3) is 0 Å². The topological polar surface area (TPSA) is 54.0 Å². The molecule has 0 amide bonds. The molecule has 0 aromatic carbocycles. The number of nitrogens with two attached hydrogens (primary N) is 1. The van der Waals surface area contributed by atoms with Gasteiger partial charge in [0.15, 0.2) is 0 Å². The van der Waals surface area contributed by atoms with Gasteiger partial charge in [-0.05, 0) is 44.2 Å². The molecule has 6 atom stereocenters. The Morgan fingerprint density at radius 1 is 1.55 bits per heavy atom. The van der Waals surface area contributed by atoms with Gasteiger partial charge in [-0.3, -0.25) is 9.98 Å². The third kappa shape index (κ3) is 3.17. The Hall–Kier alpha value is -1.03. The summed E-state index contributed by atoms with van der Waals surface area (Å²) in [4.78, 5) is 11.4. The lowest BCUT2D eigenvalue weighted by atomic mass is 9.97. The molecule has 4 nitrogen and oxygen atoms in total. The number of nitrogens with zero attached hydrogens (tertiary/aromatic N) is 3. The van der Waals surface area contributed by atoms with E-state index in [0.717, 1.165) is 12.8 Å². The van der Waals surface area contributed by atoms with E-state index in [2.05, 4.69) is 35.3 Å². The third-order valence-corrected chi connectivity index (χ3v) is 5.72. The van der Waals surface area contributed by atoms with Gasteiger partial charge < -0.3 is 10.6 Å². The molecular weight excluding hydrogens is 296 g/mol. The van der Waals surface area contributed by atoms with Crippen LogP contribution in [-0.2, 0) is 0 Å². The molecule has 1 aliphatic carbocycles. The molecule has 0 radical (unpaired) electrons. The van der Waals surface area contributed by atoms with Crippen LogP contribution in [-0.4, -0.2) is 41.1 Å². The van der Waals surface area contributed by atoms with Crippen molar-refractivity contribution in [1.29, 1.82) is 0 Å². The van der Waals surface area contributed by atoms with Gasteiger partial charge in [-0.25, -0.2) is 0 Å². The summed E-state index contributed by atoms with van der Waals surface area (Å²) >= 11 is 6.77. The first kappa shape index (κ1) is 17.3. The third-order valence-electron chi connectivity index (χ3n) is 5.04. The molecule has 5 heteroatoms. The van der Waals surface area contributed by atoms with Crippen LogP contribution in [0.3, 0.4) is 0 Å². The summed E-state index contributed by atoms with van der Waals surface area (Å²) in [5.74, 6) is 1.06. The lowest BCUT2D eigenvalue weighted by Crippen LogP contribution is -2.45. The van der Waals surface area contributed by atoms with Crippen molar-refractivity contribution in [3.8, 4) is 0 Å². The Labute approximate surface area is 139 Å². The first-order valence-electron chi connectivity index (χ1n) is 8.41. The summed E-state index contributed by atoms with van der Waals surface area (Å²) in [6.07, 6.45) is 8.27. The van der Waals surface area contributed by atoms with E-state index in [0.29, 0.717) is 23.6 Å². The summed E-state index contributed by atoms with van der Waals surface area (Å²) < 4.78 is 0. The summed E-state index contributed by atoms with van der Waals surface area (Å²) in [5.41, 5.74) is 6.49. The Morgan fingerprint density at radius 3 is 2.82 bits per heavy atom. The number of hydrogen-bond acceptors (Lipinski definition) is 4. The zero-order valence-corrected chi connectivity index (χ0v) is 14.7. The molecule has 1 fully saturated rings. The number of aliphatic imine (C=N–C) groups is 2. The van der Waals surface area contributed by atoms with Gasteiger partial charge in [-0.2, -0.15) is 0 Å². The molecule has 6 unspecified atom stereocenters. The zero-order valence-electron chi connectivity index (χ0n) is 14.0. The summed E-state index contributed by atoms with van der Waals surface area (Å²) in [7, 11) is 0. The highest BCUT2D eigenvalue weighted by Crippen LogP contribution is 2.43. The van der Waals surface area contributed by atoms with Gasteiger partial charge in [0.2, 0.25) is 0 Å². The fourth-order valence-electron chi connectivity index (χ4n) is 4.00. The van der Waals surface area contributed by atoms with Crippen molar-refractivity contribution in [2.45, 2.75) is 70.1 Å². The van der Waals surface area contributed by atoms with Crippen molar-refractivity contribution in [3.05, 3.63) is 12.3 Å². The maximum Gasteiger partial charge on any atom is 0.149 e. The molecule has 0 saturated heterocycles. The smallest absolute Gasteiger partial charge is 0.149 e. The number of alkyl halides is 1. The lowest BCUT2D eigenvalue weighted by molar-refractivity contribution is 0.208. The van der Waals surface area contributed by atoms with E-state index >= 15 is 0 Å². The normalized spacial score (nSPS) is 38.3. The highest BCUT2D eigenvalue weighted by molar-refractivity contribution is 6.21. The Kier molecular flexibility index (Phi) is 5.90. The number of hydrogen-bond donors (Lipinski definition) is 1. The molecule has 0 bridgehead atoms. The molecule has 2 aliphatic rings. The van der Waals surface area contributed by atoms with Gasteiger partial charge in [0.05, 0.1) is 6.34 Å². The van der Waals surface area contributed by atoms with Gasteiger partial charge in [-0.15, -0.1) is 11.6 Å². The molecule has 124 valence electrons. The van der Waals surface area contributed by atoms with Crippen LogP contribution in [0.25, 0.3) is 0 Å². The van der Waals surface area contributed by atoms with E-state index < -0.39 is 0 Å². The van der Waals surface area contributed by atoms with Gasteiger partial charge in [0, 0.05) is 17.1 Å². The molecule has 2 rings (SSSR count). The van der Waals surface area contributed by atoms with Gasteiger partial charge >= 0.3 is 0 Å². The molecule has 1 heterocycles. The maximum absolute atomic E-state index is 6.77. The predicted octanol–water partition coefficient (Wildman–Crippen LogP) is 3.41. The average molecular weight is 325 g/mol. The van der Waals surface area contributed by atoms with E-state index in [9.17, 15) is 0 Å². The Balaban J connectivity index is 2.22. The van der Waals surface area contributed by atoms with E-state index in [4.69, 9.17) is 17.3 Å². The monoisotopic (exact) mass is 324 g/mol. The molecule has 2 N–H and O–H groups in total. The van der Waals surface area contributed by atoms with Gasteiger partial charge in [-0.1, -0.05) is 26.8 Å². The van der Waals surface area contributed by atoms with Crippen molar-refractivity contribution < 1.29 is 0 Å². The lowest BCUT2D eigenvalue weighted by Gasteiger charge is -2.34. The first-order valence-corrected chi connectivity index (χ1v) is 8.85. The van der Waals surface area contributed by atoms with Crippen LogP contribution in [0.15, 0.2) is 22.3 Å². The molecule has 0 aromatic heterocycles. The number of halogens is 1. The molecule has 0 spiro atoms. The van der Waals surface area contributed by atoms with Crippen LogP contribution in [0, 0.1) is 11.8 Å². The van der Waals surface area contributed by atoms with Crippen molar-refractivity contribution in [1.82, 2.24) is 4.90 Å². The summed E-state index contributed by atoms with van der Waals surface area (Å²) in [5, 5.41) is 0.245. The Bertz CT molecular complexity index is 448. The fraction of sp³-hybridized carbons (Fsp3) is 0.765. The second-order valence-corrected chi connectivity index (χ2v) is 6.92. The molecule has 0 aromatic rings. The first-order chi connectivity index (χ1) is 10.5. The highest BCUT2D eigenvalue weighted by Gasteiger charge is 2.46.